The number of hydrogen-bond donors (Lipinski definition) is 1. The second kappa shape index (κ2) is 11.1. The molecule has 0 aliphatic heterocycles. The Morgan fingerprint density at radius 1 is 1.00 bits per heavy atom. The second-order valence-electron chi connectivity index (χ2n) is 9.18. The van der Waals surface area contributed by atoms with E-state index in [0.29, 0.717) is 15.9 Å². The highest BCUT2D eigenvalue weighted by molar-refractivity contribution is 7.92. The zero-order valence-electron chi connectivity index (χ0n) is 20.3. The van der Waals surface area contributed by atoms with Crippen LogP contribution in [0, 0.1) is 17.5 Å². The first kappa shape index (κ1) is 28.2. The zero-order valence-corrected chi connectivity index (χ0v) is 21.1. The molecule has 2 rings (SSSR count). The van der Waals surface area contributed by atoms with E-state index >= 15 is 0 Å². The summed E-state index contributed by atoms with van der Waals surface area (Å²) in [6.45, 7) is 6.16. The topological polar surface area (TPSA) is 86.8 Å². The molecule has 2 amide bonds. The van der Waals surface area contributed by atoms with Crippen molar-refractivity contribution in [2.45, 2.75) is 52.2 Å². The average molecular weight is 514 g/mol. The van der Waals surface area contributed by atoms with Gasteiger partial charge < -0.3 is 10.2 Å². The van der Waals surface area contributed by atoms with E-state index in [0.717, 1.165) is 18.4 Å². The molecular weight excluding hydrogens is 483 g/mol. The van der Waals surface area contributed by atoms with Gasteiger partial charge in [0.25, 0.3) is 0 Å². The monoisotopic (exact) mass is 513 g/mol. The van der Waals surface area contributed by atoms with Crippen LogP contribution < -0.4 is 9.62 Å². The highest BCUT2D eigenvalue weighted by atomic mass is 32.2. The fourth-order valence-electron chi connectivity index (χ4n) is 3.41. The lowest BCUT2D eigenvalue weighted by Gasteiger charge is -2.34. The highest BCUT2D eigenvalue weighted by Crippen LogP contribution is 2.22. The van der Waals surface area contributed by atoms with Gasteiger partial charge >= 0.3 is 0 Å². The Kier molecular flexibility index (Phi) is 8.94. The minimum atomic E-state index is -4.09. The number of halogens is 3. The first-order valence-corrected chi connectivity index (χ1v) is 12.8. The molecule has 0 aromatic heterocycles. The molecule has 11 heteroatoms. The van der Waals surface area contributed by atoms with Crippen LogP contribution in [0.3, 0.4) is 0 Å². The van der Waals surface area contributed by atoms with Crippen molar-refractivity contribution in [1.82, 2.24) is 10.2 Å². The molecule has 0 radical (unpaired) electrons. The minimum absolute atomic E-state index is 0.107. The van der Waals surface area contributed by atoms with Crippen LogP contribution in [-0.4, -0.2) is 49.5 Å². The maximum absolute atomic E-state index is 13.8. The number of amides is 2. The molecule has 0 aliphatic carbocycles. The van der Waals surface area contributed by atoms with Gasteiger partial charge in [0.05, 0.1) is 11.9 Å². The quantitative estimate of drug-likeness (QED) is 0.555. The maximum atomic E-state index is 13.8. The van der Waals surface area contributed by atoms with Crippen molar-refractivity contribution in [3.8, 4) is 0 Å². The second-order valence-corrected chi connectivity index (χ2v) is 11.1. The summed E-state index contributed by atoms with van der Waals surface area (Å²) < 4.78 is 66.2. The standard InChI is InChI=1S/C24H30F3N3O4S/c1-6-21(23(32)28-24(2,3)4)29(14-16-7-9-17(25)10-8-16)22(31)15-30(35(5,33)34)18-11-12-19(26)20(27)13-18/h7-13,21H,6,14-15H2,1-5H3,(H,28,32)/t21-/m0/s1. The van der Waals surface area contributed by atoms with Crippen LogP contribution in [-0.2, 0) is 26.2 Å². The molecule has 0 heterocycles. The van der Waals surface area contributed by atoms with Crippen LogP contribution >= 0.6 is 0 Å². The van der Waals surface area contributed by atoms with Gasteiger partial charge in [-0.25, -0.2) is 21.6 Å². The van der Waals surface area contributed by atoms with Gasteiger partial charge in [0.15, 0.2) is 11.6 Å². The van der Waals surface area contributed by atoms with Crippen LogP contribution in [0.2, 0.25) is 0 Å². The van der Waals surface area contributed by atoms with Crippen molar-refractivity contribution in [3.63, 3.8) is 0 Å². The number of benzene rings is 2. The Labute approximate surface area is 204 Å². The van der Waals surface area contributed by atoms with E-state index in [4.69, 9.17) is 0 Å². The molecule has 0 spiro atoms. The smallest absolute Gasteiger partial charge is 0.244 e. The van der Waals surface area contributed by atoms with Gasteiger partial charge in [-0.15, -0.1) is 0 Å². The third-order valence-corrected chi connectivity index (χ3v) is 6.16. The highest BCUT2D eigenvalue weighted by Gasteiger charge is 2.33. The van der Waals surface area contributed by atoms with Crippen molar-refractivity contribution in [3.05, 3.63) is 65.5 Å². The fourth-order valence-corrected chi connectivity index (χ4v) is 4.25. The Bertz CT molecular complexity index is 1170. The number of nitrogens with zero attached hydrogens (tertiary/aromatic N) is 2. The van der Waals surface area contributed by atoms with Gasteiger partial charge in [0, 0.05) is 18.2 Å². The lowest BCUT2D eigenvalue weighted by molar-refractivity contribution is -0.141. The molecule has 0 aliphatic rings. The van der Waals surface area contributed by atoms with Gasteiger partial charge in [-0.05, 0) is 57.0 Å². The summed E-state index contributed by atoms with van der Waals surface area (Å²) in [5, 5.41) is 2.81. The Morgan fingerprint density at radius 2 is 1.60 bits per heavy atom. The predicted molar refractivity (Wildman–Crippen MR) is 127 cm³/mol. The van der Waals surface area contributed by atoms with E-state index < -0.39 is 57.4 Å². The molecule has 35 heavy (non-hydrogen) atoms. The number of carbonyl (C=O) groups is 2. The molecule has 1 atom stereocenters. The minimum Gasteiger partial charge on any atom is -0.350 e. The molecule has 1 N–H and O–H groups in total. The number of nitrogens with one attached hydrogen (secondary N) is 1. The molecule has 2 aromatic carbocycles. The summed E-state index contributed by atoms with van der Waals surface area (Å²) in [6, 6.07) is 6.82. The summed E-state index contributed by atoms with van der Waals surface area (Å²) in [7, 11) is -4.09. The lowest BCUT2D eigenvalue weighted by atomic mass is 10.1. The molecule has 0 saturated heterocycles. The van der Waals surface area contributed by atoms with Crippen LogP contribution in [0.15, 0.2) is 42.5 Å². The van der Waals surface area contributed by atoms with Gasteiger partial charge in [-0.1, -0.05) is 19.1 Å². The third-order valence-electron chi connectivity index (χ3n) is 5.02. The SMILES string of the molecule is CC[C@@H](C(=O)NC(C)(C)C)N(Cc1ccc(F)cc1)C(=O)CN(c1ccc(F)c(F)c1)S(C)(=O)=O. The molecule has 2 aromatic rings. The molecule has 0 unspecified atom stereocenters. The summed E-state index contributed by atoms with van der Waals surface area (Å²) in [5.41, 5.74) is -0.325. The van der Waals surface area contributed by atoms with Gasteiger partial charge in [-0.2, -0.15) is 0 Å². The van der Waals surface area contributed by atoms with Gasteiger partial charge in [0.2, 0.25) is 21.8 Å². The summed E-state index contributed by atoms with van der Waals surface area (Å²) in [4.78, 5) is 27.7. The van der Waals surface area contributed by atoms with E-state index in [1.807, 2.05) is 0 Å². The summed E-state index contributed by atoms with van der Waals surface area (Å²) in [5.74, 6) is -4.13. The van der Waals surface area contributed by atoms with Gasteiger partial charge in [-0.3, -0.25) is 13.9 Å². The molecular formula is C24H30F3N3O4S. The first-order chi connectivity index (χ1) is 16.1. The molecule has 0 bridgehead atoms. The number of hydrogen-bond acceptors (Lipinski definition) is 4. The summed E-state index contributed by atoms with van der Waals surface area (Å²) in [6.07, 6.45) is 1.04. The number of rotatable bonds is 9. The average Bonchev–Trinajstić information content (AvgIpc) is 2.73. The van der Waals surface area contributed by atoms with Crippen molar-refractivity contribution in [1.29, 1.82) is 0 Å². The van der Waals surface area contributed by atoms with E-state index in [2.05, 4.69) is 5.32 Å². The number of anilines is 1. The van der Waals surface area contributed by atoms with Crippen molar-refractivity contribution in [2.24, 2.45) is 0 Å². The third kappa shape index (κ3) is 7.98. The van der Waals surface area contributed by atoms with Crippen LogP contribution in [0.5, 0.6) is 0 Å². The number of sulfonamides is 1. The molecule has 0 saturated carbocycles. The lowest BCUT2D eigenvalue weighted by Crippen LogP contribution is -2.55. The molecule has 0 fully saturated rings. The first-order valence-electron chi connectivity index (χ1n) is 10.9. The van der Waals surface area contributed by atoms with E-state index in [1.165, 1.54) is 29.2 Å². The van der Waals surface area contributed by atoms with Crippen molar-refractivity contribution in [2.75, 3.05) is 17.1 Å². The van der Waals surface area contributed by atoms with E-state index in [9.17, 15) is 31.2 Å². The van der Waals surface area contributed by atoms with E-state index in [-0.39, 0.29) is 18.7 Å². The van der Waals surface area contributed by atoms with Gasteiger partial charge in [0.1, 0.15) is 18.4 Å². The van der Waals surface area contributed by atoms with Crippen LogP contribution in [0.1, 0.15) is 39.7 Å². The number of carbonyl (C=O) groups excluding carboxylic acids is 2. The van der Waals surface area contributed by atoms with Crippen molar-refractivity contribution < 1.29 is 31.2 Å². The maximum Gasteiger partial charge on any atom is 0.244 e. The Hall–Kier alpha value is -3.08. The largest absolute Gasteiger partial charge is 0.350 e. The molecule has 192 valence electrons. The predicted octanol–water partition coefficient (Wildman–Crippen LogP) is 3.59. The van der Waals surface area contributed by atoms with E-state index in [1.54, 1.807) is 27.7 Å². The van der Waals surface area contributed by atoms with Crippen LogP contribution in [0.25, 0.3) is 0 Å². The summed E-state index contributed by atoms with van der Waals surface area (Å²) >= 11 is 0. The normalized spacial score (nSPS) is 12.7. The Balaban J connectivity index is 2.47. The Morgan fingerprint density at radius 3 is 2.09 bits per heavy atom. The fraction of sp³-hybridized carbons (Fsp3) is 0.417. The molecule has 7 nitrogen and oxygen atoms in total. The zero-order chi connectivity index (χ0) is 26.6. The van der Waals surface area contributed by atoms with Crippen molar-refractivity contribution >= 4 is 27.5 Å². The van der Waals surface area contributed by atoms with Crippen LogP contribution in [0.4, 0.5) is 18.9 Å².